The van der Waals surface area contributed by atoms with Crippen molar-refractivity contribution in [3.05, 3.63) is 54.1 Å². The average Bonchev–Trinajstić information content (AvgIpc) is 2.72. The van der Waals surface area contributed by atoms with Crippen LogP contribution in [0.3, 0.4) is 0 Å². The second kappa shape index (κ2) is 9.05. The molecule has 0 saturated carbocycles. The van der Waals surface area contributed by atoms with Gasteiger partial charge in [-0.1, -0.05) is 30.3 Å². The van der Waals surface area contributed by atoms with Crippen molar-refractivity contribution in [2.45, 2.75) is 31.7 Å². The number of nitrogens with zero attached hydrogens (tertiary/aromatic N) is 2. The summed E-state index contributed by atoms with van der Waals surface area (Å²) in [5.74, 6) is 1.00. The van der Waals surface area contributed by atoms with Gasteiger partial charge in [-0.2, -0.15) is 0 Å². The van der Waals surface area contributed by atoms with Gasteiger partial charge in [-0.05, 0) is 70.1 Å². The van der Waals surface area contributed by atoms with E-state index in [-0.39, 0.29) is 5.91 Å². The minimum absolute atomic E-state index is 0.157. The van der Waals surface area contributed by atoms with Gasteiger partial charge < -0.3 is 14.5 Å². The normalized spacial score (nSPS) is 17.2. The molecule has 2 aromatic carbocycles. The zero-order valence-corrected chi connectivity index (χ0v) is 16.6. The second-order valence-corrected chi connectivity index (χ2v) is 7.52. The van der Waals surface area contributed by atoms with Gasteiger partial charge >= 0.3 is 0 Å². The number of para-hydroxylation sites is 1. The van der Waals surface area contributed by atoms with Gasteiger partial charge in [0.15, 0.2) is 0 Å². The summed E-state index contributed by atoms with van der Waals surface area (Å²) >= 11 is 0. The Bertz CT molecular complexity index is 755. The van der Waals surface area contributed by atoms with Crippen molar-refractivity contribution >= 4 is 5.91 Å². The summed E-state index contributed by atoms with van der Waals surface area (Å²) in [6.07, 6.45) is 4.47. The molecule has 0 radical (unpaired) electrons. The smallest absolute Gasteiger partial charge is 0.254 e. The molecule has 0 aromatic heterocycles. The molecular formula is C23H30N2O2. The molecule has 2 aromatic rings. The zero-order chi connectivity index (χ0) is 19.2. The van der Waals surface area contributed by atoms with Gasteiger partial charge in [-0.15, -0.1) is 0 Å². The lowest BCUT2D eigenvalue weighted by atomic mass is 9.97. The molecule has 1 amide bonds. The first kappa shape index (κ1) is 19.4. The molecule has 4 heteroatoms. The molecular weight excluding hydrogens is 336 g/mol. The van der Waals surface area contributed by atoms with Crippen molar-refractivity contribution in [1.82, 2.24) is 9.80 Å². The van der Waals surface area contributed by atoms with Crippen LogP contribution in [0.4, 0.5) is 0 Å². The summed E-state index contributed by atoms with van der Waals surface area (Å²) < 4.78 is 5.45. The number of hydrogen-bond donors (Lipinski definition) is 0. The zero-order valence-electron chi connectivity index (χ0n) is 16.6. The Morgan fingerprint density at radius 1 is 1.11 bits per heavy atom. The van der Waals surface area contributed by atoms with Crippen LogP contribution in [-0.4, -0.2) is 56.0 Å². The quantitative estimate of drug-likeness (QED) is 0.764. The van der Waals surface area contributed by atoms with Gasteiger partial charge in [0.25, 0.3) is 5.91 Å². The number of rotatable bonds is 6. The molecule has 1 atom stereocenters. The Morgan fingerprint density at radius 3 is 2.56 bits per heavy atom. The maximum Gasteiger partial charge on any atom is 0.254 e. The van der Waals surface area contributed by atoms with E-state index in [1.54, 1.807) is 7.11 Å². The van der Waals surface area contributed by atoms with E-state index in [4.69, 9.17) is 4.74 Å². The summed E-state index contributed by atoms with van der Waals surface area (Å²) in [7, 11) is 5.86. The first-order valence-electron chi connectivity index (χ1n) is 9.79. The molecule has 3 rings (SSSR count). The number of likely N-dealkylation sites (tertiary alicyclic amines) is 1. The lowest BCUT2D eigenvalue weighted by Crippen LogP contribution is -2.44. The fraction of sp³-hybridized carbons (Fsp3) is 0.435. The fourth-order valence-corrected chi connectivity index (χ4v) is 3.82. The molecule has 4 nitrogen and oxygen atoms in total. The van der Waals surface area contributed by atoms with Crippen molar-refractivity contribution in [3.8, 4) is 16.9 Å². The van der Waals surface area contributed by atoms with Gasteiger partial charge in [-0.3, -0.25) is 4.79 Å². The number of carbonyl (C=O) groups excluding carboxylic acids is 1. The van der Waals surface area contributed by atoms with E-state index in [1.165, 1.54) is 6.42 Å². The number of amides is 1. The lowest BCUT2D eigenvalue weighted by molar-refractivity contribution is 0.0591. The molecule has 0 unspecified atom stereocenters. The van der Waals surface area contributed by atoms with Crippen LogP contribution in [0.5, 0.6) is 5.75 Å². The summed E-state index contributed by atoms with van der Waals surface area (Å²) in [6.45, 7) is 1.88. The molecule has 1 aliphatic rings. The van der Waals surface area contributed by atoms with E-state index < -0.39 is 0 Å². The first-order valence-corrected chi connectivity index (χ1v) is 9.79. The molecule has 1 fully saturated rings. The van der Waals surface area contributed by atoms with Gasteiger partial charge in [0.1, 0.15) is 5.75 Å². The molecule has 0 aliphatic carbocycles. The molecule has 27 heavy (non-hydrogen) atoms. The van der Waals surface area contributed by atoms with Crippen molar-refractivity contribution in [2.75, 3.05) is 34.3 Å². The Kier molecular flexibility index (Phi) is 6.51. The van der Waals surface area contributed by atoms with Crippen LogP contribution >= 0.6 is 0 Å². The fourth-order valence-electron chi connectivity index (χ4n) is 3.82. The minimum Gasteiger partial charge on any atom is -0.496 e. The maximum atomic E-state index is 13.1. The average molecular weight is 367 g/mol. The van der Waals surface area contributed by atoms with E-state index in [0.29, 0.717) is 6.04 Å². The predicted molar refractivity (Wildman–Crippen MR) is 110 cm³/mol. The standard InChI is InChI=1S/C23H30N2O2/c1-24(2)17-15-20-8-6-7-16-25(20)23(26)19-13-11-18(12-14-19)21-9-4-5-10-22(21)27-3/h4-5,9-14,20H,6-8,15-17H2,1-3H3/t20-/m1/s1. The van der Waals surface area contributed by atoms with Crippen LogP contribution in [0.2, 0.25) is 0 Å². The van der Waals surface area contributed by atoms with Gasteiger partial charge in [-0.25, -0.2) is 0 Å². The third-order valence-corrected chi connectivity index (χ3v) is 5.35. The highest BCUT2D eigenvalue weighted by Gasteiger charge is 2.27. The van der Waals surface area contributed by atoms with Crippen LogP contribution < -0.4 is 4.74 Å². The number of ether oxygens (including phenoxy) is 1. The maximum absolute atomic E-state index is 13.1. The molecule has 0 N–H and O–H groups in total. The molecule has 144 valence electrons. The third kappa shape index (κ3) is 4.69. The summed E-state index contributed by atoms with van der Waals surface area (Å²) in [4.78, 5) is 17.4. The van der Waals surface area contributed by atoms with E-state index >= 15 is 0 Å². The monoisotopic (exact) mass is 366 g/mol. The largest absolute Gasteiger partial charge is 0.496 e. The Morgan fingerprint density at radius 2 is 1.85 bits per heavy atom. The number of methoxy groups -OCH3 is 1. The van der Waals surface area contributed by atoms with Crippen molar-refractivity contribution < 1.29 is 9.53 Å². The van der Waals surface area contributed by atoms with Crippen LogP contribution in [0.15, 0.2) is 48.5 Å². The minimum atomic E-state index is 0.157. The molecule has 0 spiro atoms. The highest BCUT2D eigenvalue weighted by molar-refractivity contribution is 5.95. The molecule has 1 aliphatic heterocycles. The third-order valence-electron chi connectivity index (χ3n) is 5.35. The van der Waals surface area contributed by atoms with Crippen LogP contribution in [0.1, 0.15) is 36.0 Å². The molecule has 1 saturated heterocycles. The Labute approximate surface area is 162 Å². The van der Waals surface area contributed by atoms with E-state index in [2.05, 4.69) is 23.9 Å². The van der Waals surface area contributed by atoms with Gasteiger partial charge in [0, 0.05) is 23.7 Å². The number of benzene rings is 2. The first-order chi connectivity index (χ1) is 13.1. The number of hydrogen-bond acceptors (Lipinski definition) is 3. The summed E-state index contributed by atoms with van der Waals surface area (Å²) in [5.41, 5.74) is 2.87. The van der Waals surface area contributed by atoms with Crippen LogP contribution in [0, 0.1) is 0 Å². The van der Waals surface area contributed by atoms with Crippen molar-refractivity contribution in [3.63, 3.8) is 0 Å². The topological polar surface area (TPSA) is 32.8 Å². The number of piperidine rings is 1. The van der Waals surface area contributed by atoms with Gasteiger partial charge in [0.2, 0.25) is 0 Å². The highest BCUT2D eigenvalue weighted by Crippen LogP contribution is 2.30. The van der Waals surface area contributed by atoms with Gasteiger partial charge in [0.05, 0.1) is 7.11 Å². The predicted octanol–water partition coefficient (Wildman–Crippen LogP) is 4.31. The highest BCUT2D eigenvalue weighted by atomic mass is 16.5. The molecule has 0 bridgehead atoms. The van der Waals surface area contributed by atoms with Crippen LogP contribution in [0.25, 0.3) is 11.1 Å². The second-order valence-electron chi connectivity index (χ2n) is 7.52. The number of carbonyl (C=O) groups is 1. The summed E-state index contributed by atoms with van der Waals surface area (Å²) in [6, 6.07) is 16.2. The lowest BCUT2D eigenvalue weighted by Gasteiger charge is -2.36. The van der Waals surface area contributed by atoms with Crippen LogP contribution in [-0.2, 0) is 0 Å². The summed E-state index contributed by atoms with van der Waals surface area (Å²) in [5, 5.41) is 0. The van der Waals surface area contributed by atoms with E-state index in [1.807, 2.05) is 48.5 Å². The van der Waals surface area contributed by atoms with E-state index in [0.717, 1.165) is 54.8 Å². The van der Waals surface area contributed by atoms with Crippen molar-refractivity contribution in [1.29, 1.82) is 0 Å². The Balaban J connectivity index is 1.76. The van der Waals surface area contributed by atoms with E-state index in [9.17, 15) is 4.79 Å². The van der Waals surface area contributed by atoms with Crippen molar-refractivity contribution in [2.24, 2.45) is 0 Å². The molecule has 1 heterocycles. The SMILES string of the molecule is COc1ccccc1-c1ccc(C(=O)N2CCCC[C@@H]2CCN(C)C)cc1. The Hall–Kier alpha value is -2.33.